The van der Waals surface area contributed by atoms with Crippen molar-refractivity contribution in [1.29, 1.82) is 0 Å². The summed E-state index contributed by atoms with van der Waals surface area (Å²) in [5.74, 6) is -0.193. The third-order valence-electron chi connectivity index (χ3n) is 3.35. The van der Waals surface area contributed by atoms with Gasteiger partial charge >= 0.3 is 5.97 Å². The van der Waals surface area contributed by atoms with Crippen LogP contribution in [0.2, 0.25) is 0 Å². The Labute approximate surface area is 109 Å². The van der Waals surface area contributed by atoms with E-state index < -0.39 is 0 Å². The number of carbonyl (C=O) groups excluding carboxylic acids is 1. The summed E-state index contributed by atoms with van der Waals surface area (Å²) in [6.07, 6.45) is 7.17. The van der Waals surface area contributed by atoms with Gasteiger partial charge in [0.15, 0.2) is 0 Å². The first kappa shape index (κ1) is 12.9. The fraction of sp³-hybridized carbons (Fsp3) is 0.438. The number of hydrogen-bond acceptors (Lipinski definition) is 2. The molecule has 18 heavy (non-hydrogen) atoms. The van der Waals surface area contributed by atoms with E-state index in [4.69, 9.17) is 4.74 Å². The van der Waals surface area contributed by atoms with Crippen LogP contribution in [0.4, 0.5) is 0 Å². The van der Waals surface area contributed by atoms with E-state index in [0.717, 1.165) is 36.0 Å². The Morgan fingerprint density at radius 2 is 1.89 bits per heavy atom. The maximum Gasteiger partial charge on any atom is 0.339 e. The van der Waals surface area contributed by atoms with Crippen LogP contribution in [-0.2, 0) is 4.74 Å². The number of aryl methyl sites for hydroxylation is 3. The monoisotopic (exact) mass is 244 g/mol. The first-order valence-corrected chi connectivity index (χ1v) is 6.53. The van der Waals surface area contributed by atoms with Crippen LogP contribution in [-0.4, -0.2) is 12.1 Å². The Hall–Kier alpha value is -1.57. The molecule has 0 saturated carbocycles. The third kappa shape index (κ3) is 2.81. The van der Waals surface area contributed by atoms with Gasteiger partial charge in [0, 0.05) is 0 Å². The first-order chi connectivity index (χ1) is 8.58. The summed E-state index contributed by atoms with van der Waals surface area (Å²) in [4.78, 5) is 12.2. The maximum atomic E-state index is 12.2. The third-order valence-corrected chi connectivity index (χ3v) is 3.35. The van der Waals surface area contributed by atoms with Gasteiger partial charge in [-0.3, -0.25) is 0 Å². The summed E-state index contributed by atoms with van der Waals surface area (Å²) in [6.45, 7) is 5.97. The molecular weight excluding hydrogens is 224 g/mol. The van der Waals surface area contributed by atoms with Crippen molar-refractivity contribution >= 4 is 5.97 Å². The Morgan fingerprint density at radius 1 is 1.22 bits per heavy atom. The van der Waals surface area contributed by atoms with Crippen molar-refractivity contribution in [1.82, 2.24) is 0 Å². The molecule has 96 valence electrons. The van der Waals surface area contributed by atoms with Crippen LogP contribution < -0.4 is 0 Å². The lowest BCUT2D eigenvalue weighted by molar-refractivity contribution is 0.0368. The number of carbonyl (C=O) groups is 1. The normalized spacial score (nSPS) is 18.7. The van der Waals surface area contributed by atoms with Crippen LogP contribution in [0.5, 0.6) is 0 Å². The number of esters is 1. The molecule has 1 aromatic rings. The Morgan fingerprint density at radius 3 is 2.44 bits per heavy atom. The molecule has 2 nitrogen and oxygen atoms in total. The van der Waals surface area contributed by atoms with Crippen molar-refractivity contribution in [2.75, 3.05) is 0 Å². The van der Waals surface area contributed by atoms with Gasteiger partial charge in [-0.15, -0.1) is 0 Å². The topological polar surface area (TPSA) is 26.3 Å². The van der Waals surface area contributed by atoms with Gasteiger partial charge in [0.25, 0.3) is 0 Å². The summed E-state index contributed by atoms with van der Waals surface area (Å²) < 4.78 is 5.55. The number of hydrogen-bond donors (Lipinski definition) is 0. The Kier molecular flexibility index (Phi) is 3.85. The molecule has 1 unspecified atom stereocenters. The van der Waals surface area contributed by atoms with Crippen LogP contribution >= 0.6 is 0 Å². The van der Waals surface area contributed by atoms with Gasteiger partial charge in [0.2, 0.25) is 0 Å². The summed E-state index contributed by atoms with van der Waals surface area (Å²) in [5, 5.41) is 0. The highest BCUT2D eigenvalue weighted by molar-refractivity contribution is 5.93. The molecule has 0 N–H and O–H groups in total. The van der Waals surface area contributed by atoms with E-state index in [2.05, 4.69) is 6.08 Å². The molecule has 0 heterocycles. The van der Waals surface area contributed by atoms with Gasteiger partial charge in [-0.1, -0.05) is 23.8 Å². The minimum absolute atomic E-state index is 0.0497. The van der Waals surface area contributed by atoms with Crippen molar-refractivity contribution in [3.63, 3.8) is 0 Å². The quantitative estimate of drug-likeness (QED) is 0.583. The number of rotatable bonds is 2. The minimum atomic E-state index is -0.193. The fourth-order valence-corrected chi connectivity index (χ4v) is 2.58. The van der Waals surface area contributed by atoms with Crippen LogP contribution in [0, 0.1) is 20.8 Å². The predicted octanol–water partition coefficient (Wildman–Crippen LogP) is 3.88. The molecular formula is C16H20O2. The first-order valence-electron chi connectivity index (χ1n) is 6.53. The van der Waals surface area contributed by atoms with Gasteiger partial charge in [0.05, 0.1) is 5.56 Å². The van der Waals surface area contributed by atoms with Crippen LogP contribution in [0.25, 0.3) is 0 Å². The molecule has 0 radical (unpaired) electrons. The highest BCUT2D eigenvalue weighted by Crippen LogP contribution is 2.20. The lowest BCUT2D eigenvalue weighted by atomic mass is 9.99. The van der Waals surface area contributed by atoms with Crippen molar-refractivity contribution in [3.05, 3.63) is 46.5 Å². The smallest absolute Gasteiger partial charge is 0.339 e. The van der Waals surface area contributed by atoms with Gasteiger partial charge in [-0.05, 0) is 57.2 Å². The molecule has 0 aliphatic heterocycles. The Balaban J connectivity index is 2.18. The zero-order chi connectivity index (χ0) is 13.1. The fourth-order valence-electron chi connectivity index (χ4n) is 2.58. The van der Waals surface area contributed by atoms with Gasteiger partial charge in [-0.25, -0.2) is 4.79 Å². The molecule has 0 fully saturated rings. The molecule has 0 amide bonds. The van der Waals surface area contributed by atoms with Crippen LogP contribution in [0.3, 0.4) is 0 Å². The van der Waals surface area contributed by atoms with Crippen LogP contribution in [0.1, 0.15) is 46.3 Å². The van der Waals surface area contributed by atoms with Crippen molar-refractivity contribution in [3.8, 4) is 0 Å². The van der Waals surface area contributed by atoms with E-state index in [9.17, 15) is 4.79 Å². The van der Waals surface area contributed by atoms with Gasteiger partial charge in [0.1, 0.15) is 6.10 Å². The summed E-state index contributed by atoms with van der Waals surface area (Å²) in [7, 11) is 0. The predicted molar refractivity (Wildman–Crippen MR) is 72.8 cm³/mol. The zero-order valence-electron chi connectivity index (χ0n) is 11.3. The molecule has 0 saturated heterocycles. The average molecular weight is 244 g/mol. The zero-order valence-corrected chi connectivity index (χ0v) is 11.3. The molecule has 0 bridgehead atoms. The van der Waals surface area contributed by atoms with Crippen LogP contribution in [0.15, 0.2) is 24.3 Å². The number of benzene rings is 1. The molecule has 1 atom stereocenters. The van der Waals surface area contributed by atoms with Crippen molar-refractivity contribution < 1.29 is 9.53 Å². The highest BCUT2D eigenvalue weighted by atomic mass is 16.5. The Bertz CT molecular complexity index is 463. The SMILES string of the molecule is Cc1cc(C)c(C(=O)OC2C=CCCC2)c(C)c1. The summed E-state index contributed by atoms with van der Waals surface area (Å²) in [6, 6.07) is 4.06. The largest absolute Gasteiger partial charge is 0.455 e. The van der Waals surface area contributed by atoms with E-state index in [1.165, 1.54) is 5.56 Å². The highest BCUT2D eigenvalue weighted by Gasteiger charge is 2.18. The molecule has 2 rings (SSSR count). The lowest BCUT2D eigenvalue weighted by Gasteiger charge is -2.18. The second kappa shape index (κ2) is 5.38. The molecule has 2 heteroatoms. The maximum absolute atomic E-state index is 12.2. The lowest BCUT2D eigenvalue weighted by Crippen LogP contribution is -2.19. The standard InChI is InChI=1S/C16H20O2/c1-11-9-12(2)15(13(3)10-11)16(17)18-14-7-5-4-6-8-14/h5,7,9-10,14H,4,6,8H2,1-3H3. The molecule has 1 aromatic carbocycles. The minimum Gasteiger partial charge on any atom is -0.455 e. The molecule has 1 aliphatic carbocycles. The van der Waals surface area contributed by atoms with E-state index >= 15 is 0 Å². The van der Waals surface area contributed by atoms with Gasteiger partial charge < -0.3 is 4.74 Å². The second-order valence-corrected chi connectivity index (χ2v) is 5.08. The van der Waals surface area contributed by atoms with Crippen molar-refractivity contribution in [2.45, 2.75) is 46.1 Å². The van der Waals surface area contributed by atoms with E-state index in [1.807, 2.05) is 39.0 Å². The summed E-state index contributed by atoms with van der Waals surface area (Å²) in [5.41, 5.74) is 3.90. The number of ether oxygens (including phenoxy) is 1. The van der Waals surface area contributed by atoms with Gasteiger partial charge in [-0.2, -0.15) is 0 Å². The average Bonchev–Trinajstić information content (AvgIpc) is 2.28. The molecule has 0 aromatic heterocycles. The summed E-state index contributed by atoms with van der Waals surface area (Å²) >= 11 is 0. The van der Waals surface area contributed by atoms with E-state index in [0.29, 0.717) is 0 Å². The van der Waals surface area contributed by atoms with Crippen molar-refractivity contribution in [2.24, 2.45) is 0 Å². The molecule has 0 spiro atoms. The van der Waals surface area contributed by atoms with E-state index in [-0.39, 0.29) is 12.1 Å². The molecule has 1 aliphatic rings. The van der Waals surface area contributed by atoms with E-state index in [1.54, 1.807) is 0 Å². The second-order valence-electron chi connectivity index (χ2n) is 5.08. The number of allylic oxidation sites excluding steroid dienone is 1.